The maximum atomic E-state index is 3.85. The minimum atomic E-state index is 0.714. The van der Waals surface area contributed by atoms with Crippen LogP contribution < -0.4 is 5.32 Å². The highest BCUT2D eigenvalue weighted by atomic mass is 15.2. The summed E-state index contributed by atoms with van der Waals surface area (Å²) in [5.41, 5.74) is 0. The molecule has 0 radical (unpaired) electrons. The van der Waals surface area contributed by atoms with E-state index in [0.717, 1.165) is 18.0 Å². The van der Waals surface area contributed by atoms with E-state index < -0.39 is 0 Å². The monoisotopic (exact) mass is 280 g/mol. The predicted octanol–water partition coefficient (Wildman–Crippen LogP) is 4.20. The van der Waals surface area contributed by atoms with Crippen LogP contribution in [-0.2, 0) is 0 Å². The SMILES string of the molecule is CCCCCC(C)N1CC(C2CCCCC2)NCC1C. The highest BCUT2D eigenvalue weighted by Crippen LogP contribution is 2.29. The molecule has 2 heteroatoms. The fourth-order valence-electron chi connectivity index (χ4n) is 4.23. The number of hydrogen-bond acceptors (Lipinski definition) is 2. The molecule has 1 aliphatic carbocycles. The zero-order valence-electron chi connectivity index (χ0n) is 14.0. The van der Waals surface area contributed by atoms with Crippen LogP contribution in [0.1, 0.15) is 78.6 Å². The minimum absolute atomic E-state index is 0.714. The minimum Gasteiger partial charge on any atom is -0.311 e. The van der Waals surface area contributed by atoms with Gasteiger partial charge in [-0.15, -0.1) is 0 Å². The van der Waals surface area contributed by atoms with Crippen LogP contribution >= 0.6 is 0 Å². The number of rotatable bonds is 6. The number of piperazine rings is 1. The molecule has 3 unspecified atom stereocenters. The highest BCUT2D eigenvalue weighted by molar-refractivity contribution is 4.90. The van der Waals surface area contributed by atoms with E-state index in [1.165, 1.54) is 70.9 Å². The van der Waals surface area contributed by atoms with E-state index in [0.29, 0.717) is 6.04 Å². The van der Waals surface area contributed by atoms with Crippen molar-refractivity contribution < 1.29 is 0 Å². The van der Waals surface area contributed by atoms with Gasteiger partial charge in [0.2, 0.25) is 0 Å². The third kappa shape index (κ3) is 4.46. The second kappa shape index (κ2) is 8.38. The fourth-order valence-corrected chi connectivity index (χ4v) is 4.23. The van der Waals surface area contributed by atoms with Crippen LogP contribution in [0.3, 0.4) is 0 Å². The van der Waals surface area contributed by atoms with Crippen molar-refractivity contribution in [3.05, 3.63) is 0 Å². The van der Waals surface area contributed by atoms with Crippen LogP contribution in [-0.4, -0.2) is 36.1 Å². The number of unbranched alkanes of at least 4 members (excludes halogenated alkanes) is 2. The van der Waals surface area contributed by atoms with E-state index in [9.17, 15) is 0 Å². The lowest BCUT2D eigenvalue weighted by Gasteiger charge is -2.45. The Kier molecular flexibility index (Phi) is 6.83. The van der Waals surface area contributed by atoms with E-state index in [-0.39, 0.29) is 0 Å². The van der Waals surface area contributed by atoms with Gasteiger partial charge in [0, 0.05) is 31.2 Å². The van der Waals surface area contributed by atoms with Crippen LogP contribution in [0.2, 0.25) is 0 Å². The van der Waals surface area contributed by atoms with Gasteiger partial charge in [0.15, 0.2) is 0 Å². The molecule has 20 heavy (non-hydrogen) atoms. The molecule has 1 heterocycles. The Bertz CT molecular complexity index is 260. The average molecular weight is 280 g/mol. The third-order valence-electron chi connectivity index (χ3n) is 5.66. The molecule has 0 aromatic carbocycles. The van der Waals surface area contributed by atoms with Crippen molar-refractivity contribution in [1.82, 2.24) is 10.2 Å². The molecule has 2 nitrogen and oxygen atoms in total. The molecule has 0 aromatic heterocycles. The van der Waals surface area contributed by atoms with Crippen LogP contribution in [0.15, 0.2) is 0 Å². The summed E-state index contributed by atoms with van der Waals surface area (Å²) in [6.07, 6.45) is 12.9. The van der Waals surface area contributed by atoms with Gasteiger partial charge >= 0.3 is 0 Å². The van der Waals surface area contributed by atoms with Gasteiger partial charge in [-0.25, -0.2) is 0 Å². The van der Waals surface area contributed by atoms with Crippen molar-refractivity contribution in [1.29, 1.82) is 0 Å². The summed E-state index contributed by atoms with van der Waals surface area (Å²) in [5.74, 6) is 0.946. The van der Waals surface area contributed by atoms with Crippen LogP contribution in [0.4, 0.5) is 0 Å². The molecule has 1 aliphatic heterocycles. The Morgan fingerprint density at radius 1 is 1.15 bits per heavy atom. The van der Waals surface area contributed by atoms with E-state index in [1.54, 1.807) is 0 Å². The van der Waals surface area contributed by atoms with Gasteiger partial charge in [0.25, 0.3) is 0 Å². The van der Waals surface area contributed by atoms with Gasteiger partial charge in [-0.05, 0) is 39.0 Å². The van der Waals surface area contributed by atoms with Crippen molar-refractivity contribution in [2.24, 2.45) is 5.92 Å². The summed E-state index contributed by atoms with van der Waals surface area (Å²) in [4.78, 5) is 2.80. The molecule has 2 aliphatic rings. The first-order chi connectivity index (χ1) is 9.72. The Morgan fingerprint density at radius 2 is 1.90 bits per heavy atom. The Balaban J connectivity index is 1.83. The number of hydrogen-bond donors (Lipinski definition) is 1. The molecule has 1 N–H and O–H groups in total. The smallest absolute Gasteiger partial charge is 0.0224 e. The summed E-state index contributed by atoms with van der Waals surface area (Å²) >= 11 is 0. The van der Waals surface area contributed by atoms with Gasteiger partial charge in [-0.3, -0.25) is 4.90 Å². The van der Waals surface area contributed by atoms with Gasteiger partial charge in [-0.1, -0.05) is 45.4 Å². The zero-order chi connectivity index (χ0) is 14.4. The van der Waals surface area contributed by atoms with Crippen molar-refractivity contribution in [2.75, 3.05) is 13.1 Å². The second-order valence-corrected chi connectivity index (χ2v) is 7.30. The first kappa shape index (κ1) is 16.3. The first-order valence-corrected chi connectivity index (χ1v) is 9.21. The first-order valence-electron chi connectivity index (χ1n) is 9.21. The Labute approximate surface area is 126 Å². The molecule has 2 fully saturated rings. The standard InChI is InChI=1S/C18H36N2/c1-4-5-7-10-15(2)20-14-18(19-13-16(20)3)17-11-8-6-9-12-17/h15-19H,4-14H2,1-3H3. The molecule has 1 saturated carbocycles. The topological polar surface area (TPSA) is 15.3 Å². The van der Waals surface area contributed by atoms with Crippen molar-refractivity contribution in [2.45, 2.75) is 96.7 Å². The second-order valence-electron chi connectivity index (χ2n) is 7.30. The molecule has 118 valence electrons. The maximum Gasteiger partial charge on any atom is 0.0224 e. The third-order valence-corrected chi connectivity index (χ3v) is 5.66. The molecule has 0 amide bonds. The number of nitrogens with one attached hydrogen (secondary N) is 1. The highest BCUT2D eigenvalue weighted by Gasteiger charge is 2.32. The quantitative estimate of drug-likeness (QED) is 0.734. The lowest BCUT2D eigenvalue weighted by atomic mass is 9.82. The summed E-state index contributed by atoms with van der Waals surface area (Å²) < 4.78 is 0. The zero-order valence-corrected chi connectivity index (χ0v) is 14.0. The van der Waals surface area contributed by atoms with Gasteiger partial charge in [0.1, 0.15) is 0 Å². The lowest BCUT2D eigenvalue weighted by Crippen LogP contribution is -2.60. The molecule has 0 aromatic rings. The van der Waals surface area contributed by atoms with Gasteiger partial charge < -0.3 is 5.32 Å². The number of nitrogens with zero attached hydrogens (tertiary/aromatic N) is 1. The summed E-state index contributed by atoms with van der Waals surface area (Å²) in [6.45, 7) is 9.64. The largest absolute Gasteiger partial charge is 0.311 e. The average Bonchev–Trinajstić information content (AvgIpc) is 2.49. The van der Waals surface area contributed by atoms with E-state index >= 15 is 0 Å². The molecule has 0 bridgehead atoms. The lowest BCUT2D eigenvalue weighted by molar-refractivity contribution is 0.0678. The van der Waals surface area contributed by atoms with Crippen LogP contribution in [0.5, 0.6) is 0 Å². The molecule has 2 rings (SSSR count). The molecular formula is C18H36N2. The Hall–Kier alpha value is -0.0800. The van der Waals surface area contributed by atoms with E-state index in [4.69, 9.17) is 0 Å². The van der Waals surface area contributed by atoms with E-state index in [1.807, 2.05) is 0 Å². The normalized spacial score (nSPS) is 31.4. The molecule has 0 spiro atoms. The predicted molar refractivity (Wildman–Crippen MR) is 88.1 cm³/mol. The van der Waals surface area contributed by atoms with Crippen LogP contribution in [0, 0.1) is 5.92 Å². The maximum absolute atomic E-state index is 3.85. The van der Waals surface area contributed by atoms with Crippen molar-refractivity contribution in [3.63, 3.8) is 0 Å². The van der Waals surface area contributed by atoms with E-state index in [2.05, 4.69) is 31.0 Å². The van der Waals surface area contributed by atoms with Gasteiger partial charge in [-0.2, -0.15) is 0 Å². The van der Waals surface area contributed by atoms with Crippen molar-refractivity contribution in [3.8, 4) is 0 Å². The Morgan fingerprint density at radius 3 is 2.60 bits per heavy atom. The van der Waals surface area contributed by atoms with Gasteiger partial charge in [0.05, 0.1) is 0 Å². The summed E-state index contributed by atoms with van der Waals surface area (Å²) in [5, 5.41) is 3.85. The summed E-state index contributed by atoms with van der Waals surface area (Å²) in [6, 6.07) is 2.25. The fraction of sp³-hybridized carbons (Fsp3) is 1.00. The molecule has 1 saturated heterocycles. The molecular weight excluding hydrogens is 244 g/mol. The summed E-state index contributed by atoms with van der Waals surface area (Å²) in [7, 11) is 0. The van der Waals surface area contributed by atoms with Crippen molar-refractivity contribution >= 4 is 0 Å². The van der Waals surface area contributed by atoms with Crippen LogP contribution in [0.25, 0.3) is 0 Å². The molecule has 3 atom stereocenters.